The number of benzene rings is 1. The van der Waals surface area contributed by atoms with Crippen LogP contribution in [0.1, 0.15) is 12.5 Å². The number of nitrogens with two attached hydrogens (primary N) is 2. The molecule has 15 heavy (non-hydrogen) atoms. The molecule has 0 atom stereocenters. The number of aryl methyl sites for hydroxylation is 1. The van der Waals surface area contributed by atoms with Gasteiger partial charge in [-0.1, -0.05) is 18.2 Å². The van der Waals surface area contributed by atoms with Gasteiger partial charge >= 0.3 is 0 Å². The van der Waals surface area contributed by atoms with E-state index >= 15 is 0 Å². The Balaban J connectivity index is 2.84. The molecular weight excluding hydrogens is 186 g/mol. The Labute approximate surface area is 89.0 Å². The molecule has 0 aliphatic carbocycles. The summed E-state index contributed by atoms with van der Waals surface area (Å²) < 4.78 is 2.09. The number of hydrogen-bond donors (Lipinski definition) is 2. The van der Waals surface area contributed by atoms with Crippen LogP contribution in [0.2, 0.25) is 0 Å². The van der Waals surface area contributed by atoms with Crippen molar-refractivity contribution in [2.45, 2.75) is 13.5 Å². The summed E-state index contributed by atoms with van der Waals surface area (Å²) in [5, 5.41) is 1.15. The van der Waals surface area contributed by atoms with Gasteiger partial charge in [0, 0.05) is 17.5 Å². The highest BCUT2D eigenvalue weighted by Crippen LogP contribution is 2.28. The van der Waals surface area contributed by atoms with E-state index in [0.29, 0.717) is 0 Å². The molecule has 0 amide bonds. The molecule has 4 N–H and O–H groups in total. The molecule has 2 rings (SSSR count). The highest BCUT2D eigenvalue weighted by Gasteiger charge is 2.10. The molecule has 3 heteroatoms. The van der Waals surface area contributed by atoms with Gasteiger partial charge in [0.2, 0.25) is 0 Å². The average Bonchev–Trinajstić information content (AvgIpc) is 2.53. The Morgan fingerprint density at radius 3 is 2.73 bits per heavy atom. The second-order valence-electron chi connectivity index (χ2n) is 3.42. The second-order valence-corrected chi connectivity index (χ2v) is 3.42. The molecule has 0 unspecified atom stereocenters. The number of fused-ring (bicyclic) bond motifs is 1. The van der Waals surface area contributed by atoms with E-state index in [1.807, 2.05) is 18.2 Å². The number of anilines is 1. The maximum atomic E-state index is 6.07. The van der Waals surface area contributed by atoms with Crippen LogP contribution in [0.15, 0.2) is 30.5 Å². The van der Waals surface area contributed by atoms with Crippen LogP contribution in [0, 0.1) is 0 Å². The van der Waals surface area contributed by atoms with E-state index in [-0.39, 0.29) is 0 Å². The lowest BCUT2D eigenvalue weighted by atomic mass is 10.1. The summed E-state index contributed by atoms with van der Waals surface area (Å²) in [4.78, 5) is 0. The molecule has 1 aromatic heterocycles. The lowest BCUT2D eigenvalue weighted by Gasteiger charge is -2.02. The largest absolute Gasteiger partial charge is 0.405 e. The van der Waals surface area contributed by atoms with Crippen molar-refractivity contribution in [2.75, 3.05) is 5.73 Å². The molecule has 0 aliphatic heterocycles. The van der Waals surface area contributed by atoms with Gasteiger partial charge in [0.15, 0.2) is 0 Å². The van der Waals surface area contributed by atoms with Crippen molar-refractivity contribution in [3.8, 4) is 0 Å². The number of para-hydroxylation sites is 1. The molecule has 0 bridgehead atoms. The summed E-state index contributed by atoms with van der Waals surface area (Å²) in [6, 6.07) is 8.16. The zero-order valence-electron chi connectivity index (χ0n) is 8.77. The zero-order chi connectivity index (χ0) is 10.8. The first kappa shape index (κ1) is 9.65. The van der Waals surface area contributed by atoms with E-state index in [4.69, 9.17) is 11.5 Å². The number of aromatic nitrogens is 1. The van der Waals surface area contributed by atoms with Crippen molar-refractivity contribution in [3.05, 3.63) is 36.0 Å². The van der Waals surface area contributed by atoms with Crippen molar-refractivity contribution in [3.63, 3.8) is 0 Å². The number of nitrogens with zero attached hydrogens (tertiary/aromatic N) is 1. The standard InChI is InChI=1S/C12H15N3/c1-2-15-11-6-4-3-5-9(11)10(7-8-13)12(15)14/h3-8H,2,13-14H2,1H3/b8-7-. The highest BCUT2D eigenvalue weighted by atomic mass is 15.0. The van der Waals surface area contributed by atoms with Gasteiger partial charge in [-0.2, -0.15) is 0 Å². The van der Waals surface area contributed by atoms with E-state index in [1.54, 1.807) is 0 Å². The van der Waals surface area contributed by atoms with Crippen LogP contribution < -0.4 is 11.5 Å². The summed E-state index contributed by atoms with van der Waals surface area (Å²) in [7, 11) is 0. The van der Waals surface area contributed by atoms with Crippen LogP contribution in [-0.2, 0) is 6.54 Å². The molecule has 0 spiro atoms. The number of nitrogen functional groups attached to an aromatic ring is 1. The molecule has 0 aliphatic rings. The summed E-state index contributed by atoms with van der Waals surface area (Å²) in [5.74, 6) is 0.778. The van der Waals surface area contributed by atoms with Crippen molar-refractivity contribution in [1.29, 1.82) is 0 Å². The molecule has 0 fully saturated rings. The monoisotopic (exact) mass is 201 g/mol. The summed E-state index contributed by atoms with van der Waals surface area (Å²) in [6.45, 7) is 2.95. The van der Waals surface area contributed by atoms with Crippen LogP contribution in [0.3, 0.4) is 0 Å². The van der Waals surface area contributed by atoms with Crippen LogP contribution in [0.5, 0.6) is 0 Å². The number of hydrogen-bond acceptors (Lipinski definition) is 2. The third-order valence-corrected chi connectivity index (χ3v) is 2.63. The van der Waals surface area contributed by atoms with Gasteiger partial charge in [-0.15, -0.1) is 0 Å². The van der Waals surface area contributed by atoms with Crippen LogP contribution in [0.4, 0.5) is 5.82 Å². The maximum absolute atomic E-state index is 6.07. The van der Waals surface area contributed by atoms with E-state index in [2.05, 4.69) is 23.6 Å². The van der Waals surface area contributed by atoms with Gasteiger partial charge in [-0.3, -0.25) is 0 Å². The minimum atomic E-state index is 0.778. The van der Waals surface area contributed by atoms with Gasteiger partial charge in [-0.25, -0.2) is 0 Å². The fourth-order valence-electron chi connectivity index (χ4n) is 1.96. The minimum absolute atomic E-state index is 0.778. The zero-order valence-corrected chi connectivity index (χ0v) is 8.77. The smallest absolute Gasteiger partial charge is 0.111 e. The van der Waals surface area contributed by atoms with Gasteiger partial charge in [0.25, 0.3) is 0 Å². The number of rotatable bonds is 2. The maximum Gasteiger partial charge on any atom is 0.111 e. The fourth-order valence-corrected chi connectivity index (χ4v) is 1.96. The summed E-state index contributed by atoms with van der Waals surface area (Å²) in [5.41, 5.74) is 13.7. The predicted octanol–water partition coefficient (Wildman–Crippen LogP) is 2.17. The molecule has 0 saturated carbocycles. The second kappa shape index (κ2) is 3.69. The Bertz CT molecular complexity index is 509. The fraction of sp³-hybridized carbons (Fsp3) is 0.167. The van der Waals surface area contributed by atoms with E-state index in [0.717, 1.165) is 28.8 Å². The first-order valence-corrected chi connectivity index (χ1v) is 5.04. The SMILES string of the molecule is CCn1c(N)c(/C=C\N)c2ccccc21. The Kier molecular flexibility index (Phi) is 2.37. The van der Waals surface area contributed by atoms with Gasteiger partial charge in [0.05, 0.1) is 5.52 Å². The van der Waals surface area contributed by atoms with E-state index < -0.39 is 0 Å². The predicted molar refractivity (Wildman–Crippen MR) is 65.2 cm³/mol. The Hall–Kier alpha value is -1.90. The summed E-state index contributed by atoms with van der Waals surface area (Å²) in [6.07, 6.45) is 3.38. The average molecular weight is 201 g/mol. The third-order valence-electron chi connectivity index (χ3n) is 2.63. The summed E-state index contributed by atoms with van der Waals surface area (Å²) >= 11 is 0. The Morgan fingerprint density at radius 1 is 1.33 bits per heavy atom. The van der Waals surface area contributed by atoms with Crippen molar-refractivity contribution >= 4 is 22.8 Å². The van der Waals surface area contributed by atoms with Crippen molar-refractivity contribution < 1.29 is 0 Å². The molecule has 78 valence electrons. The van der Waals surface area contributed by atoms with Gasteiger partial charge < -0.3 is 16.0 Å². The van der Waals surface area contributed by atoms with Crippen LogP contribution >= 0.6 is 0 Å². The molecule has 3 nitrogen and oxygen atoms in total. The van der Waals surface area contributed by atoms with Gasteiger partial charge in [-0.05, 0) is 25.3 Å². The quantitative estimate of drug-likeness (QED) is 0.782. The molecule has 1 aromatic carbocycles. The van der Waals surface area contributed by atoms with E-state index in [9.17, 15) is 0 Å². The normalized spacial score (nSPS) is 11.5. The topological polar surface area (TPSA) is 57.0 Å². The van der Waals surface area contributed by atoms with Crippen LogP contribution in [0.25, 0.3) is 17.0 Å². The third kappa shape index (κ3) is 1.36. The minimum Gasteiger partial charge on any atom is -0.405 e. The molecular formula is C12H15N3. The molecule has 0 saturated heterocycles. The van der Waals surface area contributed by atoms with Gasteiger partial charge in [0.1, 0.15) is 5.82 Å². The molecule has 2 aromatic rings. The van der Waals surface area contributed by atoms with Crippen LogP contribution in [-0.4, -0.2) is 4.57 Å². The van der Waals surface area contributed by atoms with E-state index in [1.165, 1.54) is 6.20 Å². The molecule has 0 radical (unpaired) electrons. The lowest BCUT2D eigenvalue weighted by Crippen LogP contribution is -2.00. The first-order valence-electron chi connectivity index (χ1n) is 5.04. The Morgan fingerprint density at radius 2 is 2.07 bits per heavy atom. The lowest BCUT2D eigenvalue weighted by molar-refractivity contribution is 0.808. The first-order chi connectivity index (χ1) is 7.29. The molecule has 1 heterocycles. The van der Waals surface area contributed by atoms with Crippen molar-refractivity contribution in [1.82, 2.24) is 4.57 Å². The highest BCUT2D eigenvalue weighted by molar-refractivity contribution is 5.95. The van der Waals surface area contributed by atoms with Crippen molar-refractivity contribution in [2.24, 2.45) is 5.73 Å².